The van der Waals surface area contributed by atoms with Crippen molar-refractivity contribution in [3.8, 4) is 0 Å². The first-order chi connectivity index (χ1) is 10.1. The molecule has 1 nitrogen and oxygen atoms in total. The predicted octanol–water partition coefficient (Wildman–Crippen LogP) is 4.97. The first kappa shape index (κ1) is 16.3. The van der Waals surface area contributed by atoms with E-state index in [0.29, 0.717) is 11.8 Å². The first-order valence-electron chi connectivity index (χ1n) is 7.95. The van der Waals surface area contributed by atoms with E-state index in [1.165, 1.54) is 6.07 Å². The van der Waals surface area contributed by atoms with Crippen LogP contribution >= 0.6 is 0 Å². The van der Waals surface area contributed by atoms with Crippen molar-refractivity contribution >= 4 is 0 Å². The molecule has 1 aliphatic carbocycles. The number of halogens is 3. The zero-order valence-corrected chi connectivity index (χ0v) is 12.8. The molecule has 1 aromatic carbocycles. The van der Waals surface area contributed by atoms with Gasteiger partial charge in [0.2, 0.25) is 0 Å². The summed E-state index contributed by atoms with van der Waals surface area (Å²) in [6.07, 6.45) is 5.22. The van der Waals surface area contributed by atoms with E-state index in [9.17, 15) is 13.2 Å². The number of nitrogens with one attached hydrogen (secondary N) is 1. The highest BCUT2D eigenvalue weighted by Gasteiger charge is 2.33. The molecule has 1 saturated carbocycles. The third kappa shape index (κ3) is 3.60. The van der Waals surface area contributed by atoms with Gasteiger partial charge in [0.05, 0.1) is 0 Å². The molecule has 0 saturated heterocycles. The van der Waals surface area contributed by atoms with Crippen LogP contribution in [-0.2, 0) is 0 Å². The van der Waals surface area contributed by atoms with E-state index in [2.05, 4.69) is 12.2 Å². The lowest BCUT2D eigenvalue weighted by Gasteiger charge is -2.26. The van der Waals surface area contributed by atoms with Crippen molar-refractivity contribution in [3.05, 3.63) is 35.1 Å². The zero-order chi connectivity index (χ0) is 15.4. The smallest absolute Gasteiger partial charge is 0.194 e. The Morgan fingerprint density at radius 1 is 1.14 bits per heavy atom. The molecule has 0 bridgehead atoms. The van der Waals surface area contributed by atoms with Crippen molar-refractivity contribution < 1.29 is 13.2 Å². The SMILES string of the molecule is CCCNC(c1ccc(F)c(F)c1F)C1CCC(CC)C1. The molecule has 1 aliphatic rings. The highest BCUT2D eigenvalue weighted by molar-refractivity contribution is 5.24. The highest BCUT2D eigenvalue weighted by atomic mass is 19.2. The zero-order valence-electron chi connectivity index (χ0n) is 12.8. The van der Waals surface area contributed by atoms with Gasteiger partial charge in [-0.15, -0.1) is 0 Å². The third-order valence-electron chi connectivity index (χ3n) is 4.64. The lowest BCUT2D eigenvalue weighted by Crippen LogP contribution is -2.29. The van der Waals surface area contributed by atoms with Crippen molar-refractivity contribution in [2.75, 3.05) is 6.54 Å². The van der Waals surface area contributed by atoms with Crippen molar-refractivity contribution in [1.29, 1.82) is 0 Å². The van der Waals surface area contributed by atoms with Crippen LogP contribution in [0.5, 0.6) is 0 Å². The maximum Gasteiger partial charge on any atom is 0.194 e. The van der Waals surface area contributed by atoms with Gasteiger partial charge in [-0.1, -0.05) is 32.8 Å². The van der Waals surface area contributed by atoms with E-state index in [1.54, 1.807) is 0 Å². The van der Waals surface area contributed by atoms with E-state index in [0.717, 1.165) is 44.7 Å². The largest absolute Gasteiger partial charge is 0.310 e. The monoisotopic (exact) mass is 299 g/mol. The summed E-state index contributed by atoms with van der Waals surface area (Å²) >= 11 is 0. The topological polar surface area (TPSA) is 12.0 Å². The lowest BCUT2D eigenvalue weighted by molar-refractivity contribution is 0.336. The van der Waals surface area contributed by atoms with Gasteiger partial charge in [0.15, 0.2) is 17.5 Å². The Kier molecular flexibility index (Phi) is 5.68. The molecular weight excluding hydrogens is 275 g/mol. The van der Waals surface area contributed by atoms with Crippen molar-refractivity contribution in [3.63, 3.8) is 0 Å². The Bertz CT molecular complexity index is 475. The second kappa shape index (κ2) is 7.30. The van der Waals surface area contributed by atoms with Gasteiger partial charge in [-0.25, -0.2) is 13.2 Å². The Labute approximate surface area is 124 Å². The van der Waals surface area contributed by atoms with Crippen LogP contribution in [0.25, 0.3) is 0 Å². The summed E-state index contributed by atoms with van der Waals surface area (Å²) in [6, 6.07) is 2.19. The van der Waals surface area contributed by atoms with Crippen LogP contribution < -0.4 is 5.32 Å². The van der Waals surface area contributed by atoms with Crippen LogP contribution in [-0.4, -0.2) is 6.54 Å². The van der Waals surface area contributed by atoms with Gasteiger partial charge in [-0.2, -0.15) is 0 Å². The van der Waals surface area contributed by atoms with Gasteiger partial charge in [0, 0.05) is 11.6 Å². The first-order valence-corrected chi connectivity index (χ1v) is 7.95. The quantitative estimate of drug-likeness (QED) is 0.731. The van der Waals surface area contributed by atoms with Crippen molar-refractivity contribution in [1.82, 2.24) is 5.32 Å². The number of rotatable bonds is 6. The van der Waals surface area contributed by atoms with Gasteiger partial charge in [0.25, 0.3) is 0 Å². The minimum absolute atomic E-state index is 0.225. The average molecular weight is 299 g/mol. The van der Waals surface area contributed by atoms with Crippen molar-refractivity contribution in [2.24, 2.45) is 11.8 Å². The molecule has 1 aromatic rings. The molecule has 2 rings (SSSR count). The van der Waals surface area contributed by atoms with Crippen LogP contribution in [0.1, 0.15) is 57.6 Å². The summed E-state index contributed by atoms with van der Waals surface area (Å²) in [5, 5.41) is 3.33. The summed E-state index contributed by atoms with van der Waals surface area (Å²) in [6.45, 7) is 4.95. The average Bonchev–Trinajstić information content (AvgIpc) is 2.96. The van der Waals surface area contributed by atoms with Crippen LogP contribution in [0.3, 0.4) is 0 Å². The number of hydrogen-bond donors (Lipinski definition) is 1. The molecule has 0 radical (unpaired) electrons. The third-order valence-corrected chi connectivity index (χ3v) is 4.64. The minimum atomic E-state index is -1.36. The molecule has 0 heterocycles. The van der Waals surface area contributed by atoms with Gasteiger partial charge in [-0.05, 0) is 43.7 Å². The maximum atomic E-state index is 14.1. The van der Waals surface area contributed by atoms with E-state index >= 15 is 0 Å². The Morgan fingerprint density at radius 3 is 2.52 bits per heavy atom. The number of hydrogen-bond acceptors (Lipinski definition) is 1. The molecule has 3 unspecified atom stereocenters. The summed E-state index contributed by atoms with van der Waals surface area (Å²) in [5.74, 6) is -2.57. The van der Waals surface area contributed by atoms with Gasteiger partial charge in [0.1, 0.15) is 0 Å². The van der Waals surface area contributed by atoms with Gasteiger partial charge in [-0.3, -0.25) is 0 Å². The summed E-state index contributed by atoms with van der Waals surface area (Å²) in [7, 11) is 0. The van der Waals surface area contributed by atoms with Crippen LogP contribution in [0.15, 0.2) is 12.1 Å². The molecule has 118 valence electrons. The predicted molar refractivity (Wildman–Crippen MR) is 78.5 cm³/mol. The van der Waals surface area contributed by atoms with Crippen LogP contribution in [0.2, 0.25) is 0 Å². The van der Waals surface area contributed by atoms with E-state index < -0.39 is 17.5 Å². The lowest BCUT2D eigenvalue weighted by atomic mass is 9.89. The van der Waals surface area contributed by atoms with Gasteiger partial charge >= 0.3 is 0 Å². The molecule has 4 heteroatoms. The number of benzene rings is 1. The fraction of sp³-hybridized carbons (Fsp3) is 0.647. The minimum Gasteiger partial charge on any atom is -0.310 e. The van der Waals surface area contributed by atoms with E-state index in [4.69, 9.17) is 0 Å². The molecule has 0 aromatic heterocycles. The fourth-order valence-electron chi connectivity index (χ4n) is 3.40. The molecular formula is C17H24F3N. The van der Waals surface area contributed by atoms with E-state index in [-0.39, 0.29) is 11.6 Å². The van der Waals surface area contributed by atoms with Crippen LogP contribution in [0.4, 0.5) is 13.2 Å². The second-order valence-corrected chi connectivity index (χ2v) is 6.04. The highest BCUT2D eigenvalue weighted by Crippen LogP contribution is 2.41. The molecule has 0 aliphatic heterocycles. The standard InChI is InChI=1S/C17H24F3N/c1-3-9-21-17(12-6-5-11(4-2)10-12)13-7-8-14(18)16(20)15(13)19/h7-8,11-12,17,21H,3-6,9-10H2,1-2H3. The molecule has 0 amide bonds. The second-order valence-electron chi connectivity index (χ2n) is 6.04. The summed E-state index contributed by atoms with van der Waals surface area (Å²) in [4.78, 5) is 0. The molecule has 3 atom stereocenters. The fourth-order valence-corrected chi connectivity index (χ4v) is 3.40. The molecule has 21 heavy (non-hydrogen) atoms. The van der Waals surface area contributed by atoms with Crippen molar-refractivity contribution in [2.45, 2.75) is 52.0 Å². The normalized spacial score (nSPS) is 23.5. The van der Waals surface area contributed by atoms with E-state index in [1.807, 2.05) is 6.92 Å². The molecule has 0 spiro atoms. The Hall–Kier alpha value is -1.03. The molecule has 1 N–H and O–H groups in total. The van der Waals surface area contributed by atoms with Crippen LogP contribution in [0, 0.1) is 29.3 Å². The summed E-state index contributed by atoms with van der Waals surface area (Å²) < 4.78 is 40.8. The maximum absolute atomic E-state index is 14.1. The molecule has 1 fully saturated rings. The van der Waals surface area contributed by atoms with Gasteiger partial charge < -0.3 is 5.32 Å². The Balaban J connectivity index is 2.26. The summed E-state index contributed by atoms with van der Waals surface area (Å²) in [5.41, 5.74) is 0.268. The Morgan fingerprint density at radius 2 is 1.90 bits per heavy atom.